The molecule has 7 nitrogen and oxygen atoms in total. The number of ether oxygens (including phenoxy) is 1. The quantitative estimate of drug-likeness (QED) is 0.366. The number of amides is 3. The number of carbonyl (C=O) groups excluding carboxylic acids is 3. The van der Waals surface area contributed by atoms with Gasteiger partial charge in [-0.2, -0.15) is 0 Å². The Morgan fingerprint density at radius 2 is 1.76 bits per heavy atom. The summed E-state index contributed by atoms with van der Waals surface area (Å²) in [5.41, 5.74) is 5.64. The van der Waals surface area contributed by atoms with E-state index in [1.54, 1.807) is 14.0 Å². The van der Waals surface area contributed by atoms with Crippen LogP contribution in [0.25, 0.3) is 0 Å². The molecule has 2 heterocycles. The molecule has 2 aromatic carbocycles. The van der Waals surface area contributed by atoms with Crippen molar-refractivity contribution >= 4 is 17.7 Å². The summed E-state index contributed by atoms with van der Waals surface area (Å²) >= 11 is 0. The Kier molecular flexibility index (Phi) is 6.40. The molecule has 2 aliphatic rings. The zero-order valence-corrected chi connectivity index (χ0v) is 21.9. The van der Waals surface area contributed by atoms with E-state index >= 15 is 0 Å². The van der Waals surface area contributed by atoms with Crippen molar-refractivity contribution in [3.8, 4) is 5.75 Å². The number of benzene rings is 2. The zero-order valence-electron chi connectivity index (χ0n) is 21.9. The number of methoxy groups -OCH3 is 1. The summed E-state index contributed by atoms with van der Waals surface area (Å²) in [6.45, 7) is 6.04. The Morgan fingerprint density at radius 3 is 2.49 bits per heavy atom. The number of hydrogen-bond acceptors (Lipinski definition) is 4. The number of imide groups is 1. The summed E-state index contributed by atoms with van der Waals surface area (Å²) in [6.07, 6.45) is 3.94. The second-order valence-electron chi connectivity index (χ2n) is 10.2. The molecule has 7 heteroatoms. The number of ketones is 1. The third-order valence-electron chi connectivity index (χ3n) is 7.91. The lowest BCUT2D eigenvalue weighted by Gasteiger charge is -2.23. The van der Waals surface area contributed by atoms with Crippen LogP contribution in [0.15, 0.2) is 48.5 Å². The number of aryl methyl sites for hydroxylation is 4. The van der Waals surface area contributed by atoms with Crippen LogP contribution in [0.1, 0.15) is 57.3 Å². The second kappa shape index (κ2) is 9.54. The van der Waals surface area contributed by atoms with Gasteiger partial charge < -0.3 is 14.6 Å². The molecule has 0 spiro atoms. The van der Waals surface area contributed by atoms with E-state index in [2.05, 4.69) is 16.0 Å². The molecule has 3 aromatic rings. The number of aromatic nitrogens is 1. The van der Waals surface area contributed by atoms with E-state index < -0.39 is 17.5 Å². The molecule has 1 aliphatic heterocycles. The van der Waals surface area contributed by atoms with Gasteiger partial charge in [-0.3, -0.25) is 14.5 Å². The predicted molar refractivity (Wildman–Crippen MR) is 141 cm³/mol. The lowest BCUT2D eigenvalue weighted by molar-refractivity contribution is -0.130. The monoisotopic (exact) mass is 499 g/mol. The third-order valence-corrected chi connectivity index (χ3v) is 7.91. The first-order valence-corrected chi connectivity index (χ1v) is 12.8. The Bertz CT molecular complexity index is 1390. The lowest BCUT2D eigenvalue weighted by Crippen LogP contribution is -2.41. The fourth-order valence-electron chi connectivity index (χ4n) is 5.61. The van der Waals surface area contributed by atoms with Crippen molar-refractivity contribution < 1.29 is 19.1 Å². The van der Waals surface area contributed by atoms with E-state index in [1.807, 2.05) is 56.3 Å². The normalized spacial score (nSPS) is 18.8. The summed E-state index contributed by atoms with van der Waals surface area (Å²) in [5.74, 6) is 0.181. The standard InChI is InChI=1S/C30H33N3O4/c1-19-16-26(20(2)32(19)15-14-21-8-12-25(37-4)13-9-21)27(34)18-33-28(35)30(3,31-29(33)36)24-11-10-22-6-5-7-23(22)17-24/h8-13,16-17H,5-7,14-15,18H2,1-4H3,(H,31,36). The van der Waals surface area contributed by atoms with E-state index in [-0.39, 0.29) is 12.3 Å². The van der Waals surface area contributed by atoms with Gasteiger partial charge in [0.1, 0.15) is 11.3 Å². The summed E-state index contributed by atoms with van der Waals surface area (Å²) < 4.78 is 7.33. The van der Waals surface area contributed by atoms with E-state index in [0.717, 1.165) is 59.8 Å². The van der Waals surface area contributed by atoms with Crippen LogP contribution in [-0.2, 0) is 36.1 Å². The molecule has 1 fully saturated rings. The number of Topliss-reactive ketones (excluding diaryl/α,β-unsaturated/α-hetero) is 1. The van der Waals surface area contributed by atoms with Gasteiger partial charge in [0.25, 0.3) is 5.91 Å². The van der Waals surface area contributed by atoms with Gasteiger partial charge in [0.05, 0.1) is 13.7 Å². The molecule has 1 aliphatic carbocycles. The number of fused-ring (bicyclic) bond motifs is 1. The van der Waals surface area contributed by atoms with E-state index in [1.165, 1.54) is 16.7 Å². The SMILES string of the molecule is COc1ccc(CCn2c(C)cc(C(=O)CN3C(=O)NC(C)(c4ccc5c(c4)CCC5)C3=O)c2C)cc1. The van der Waals surface area contributed by atoms with Gasteiger partial charge in [-0.25, -0.2) is 4.79 Å². The molecule has 5 rings (SSSR count). The average Bonchev–Trinajstić information content (AvgIpc) is 3.54. The molecule has 0 radical (unpaired) electrons. The minimum atomic E-state index is -1.18. The van der Waals surface area contributed by atoms with Crippen molar-refractivity contribution in [1.29, 1.82) is 0 Å². The van der Waals surface area contributed by atoms with Crippen LogP contribution in [0.5, 0.6) is 5.75 Å². The van der Waals surface area contributed by atoms with Crippen molar-refractivity contribution in [2.45, 2.75) is 58.5 Å². The number of nitrogens with zero attached hydrogens (tertiary/aromatic N) is 2. The van der Waals surface area contributed by atoms with E-state index in [9.17, 15) is 14.4 Å². The van der Waals surface area contributed by atoms with E-state index in [4.69, 9.17) is 4.74 Å². The van der Waals surface area contributed by atoms with Crippen LogP contribution < -0.4 is 10.1 Å². The van der Waals surface area contributed by atoms with Gasteiger partial charge in [-0.1, -0.05) is 30.3 Å². The van der Waals surface area contributed by atoms with Gasteiger partial charge >= 0.3 is 6.03 Å². The van der Waals surface area contributed by atoms with Crippen molar-refractivity contribution in [2.24, 2.45) is 0 Å². The Hall–Kier alpha value is -3.87. The Morgan fingerprint density at radius 1 is 1.03 bits per heavy atom. The van der Waals surface area contributed by atoms with Crippen LogP contribution in [-0.4, -0.2) is 40.8 Å². The largest absolute Gasteiger partial charge is 0.497 e. The minimum Gasteiger partial charge on any atom is -0.497 e. The van der Waals surface area contributed by atoms with Gasteiger partial charge in [0.2, 0.25) is 0 Å². The molecule has 1 N–H and O–H groups in total. The first-order chi connectivity index (χ1) is 17.7. The van der Waals surface area contributed by atoms with Crippen molar-refractivity contribution in [2.75, 3.05) is 13.7 Å². The Balaban J connectivity index is 1.30. The van der Waals surface area contributed by atoms with E-state index in [0.29, 0.717) is 5.56 Å². The highest BCUT2D eigenvalue weighted by Crippen LogP contribution is 2.33. The first kappa shape index (κ1) is 24.8. The number of nitrogens with one attached hydrogen (secondary N) is 1. The molecule has 1 saturated heterocycles. The highest BCUT2D eigenvalue weighted by Gasteiger charge is 2.49. The molecule has 3 amide bonds. The van der Waals surface area contributed by atoms with Crippen molar-refractivity contribution in [1.82, 2.24) is 14.8 Å². The highest BCUT2D eigenvalue weighted by molar-refractivity contribution is 6.11. The van der Waals surface area contributed by atoms with Crippen LogP contribution >= 0.6 is 0 Å². The average molecular weight is 500 g/mol. The molecule has 1 atom stereocenters. The first-order valence-electron chi connectivity index (χ1n) is 12.8. The van der Waals surface area contributed by atoms with Crippen molar-refractivity contribution in [3.63, 3.8) is 0 Å². The Labute approximate surface area is 217 Å². The molecular weight excluding hydrogens is 466 g/mol. The maximum absolute atomic E-state index is 13.4. The topological polar surface area (TPSA) is 80.6 Å². The summed E-state index contributed by atoms with van der Waals surface area (Å²) in [5, 5.41) is 2.84. The summed E-state index contributed by atoms with van der Waals surface area (Å²) in [6, 6.07) is 15.3. The van der Waals surface area contributed by atoms with Crippen LogP contribution in [0.2, 0.25) is 0 Å². The van der Waals surface area contributed by atoms with Crippen molar-refractivity contribution in [3.05, 3.63) is 87.7 Å². The predicted octanol–water partition coefficient (Wildman–Crippen LogP) is 4.49. The molecule has 0 bridgehead atoms. The number of rotatable bonds is 8. The number of carbonyl (C=O) groups is 3. The summed E-state index contributed by atoms with van der Waals surface area (Å²) in [4.78, 5) is 40.7. The maximum Gasteiger partial charge on any atom is 0.325 e. The summed E-state index contributed by atoms with van der Waals surface area (Å²) in [7, 11) is 1.65. The van der Waals surface area contributed by atoms with Crippen LogP contribution in [0, 0.1) is 13.8 Å². The molecular formula is C30H33N3O4. The molecule has 192 valence electrons. The van der Waals surface area contributed by atoms with Gasteiger partial charge in [-0.05, 0) is 86.9 Å². The van der Waals surface area contributed by atoms with Crippen LogP contribution in [0.3, 0.4) is 0 Å². The smallest absolute Gasteiger partial charge is 0.325 e. The minimum absolute atomic E-state index is 0.245. The lowest BCUT2D eigenvalue weighted by atomic mass is 9.89. The third kappa shape index (κ3) is 4.43. The molecule has 1 aromatic heterocycles. The fraction of sp³-hybridized carbons (Fsp3) is 0.367. The molecule has 1 unspecified atom stereocenters. The van der Waals surface area contributed by atoms with Gasteiger partial charge in [-0.15, -0.1) is 0 Å². The molecule has 0 saturated carbocycles. The second-order valence-corrected chi connectivity index (χ2v) is 10.2. The maximum atomic E-state index is 13.4. The zero-order chi connectivity index (χ0) is 26.3. The number of urea groups is 1. The van der Waals surface area contributed by atoms with Gasteiger partial charge in [0.15, 0.2) is 5.78 Å². The fourth-order valence-corrected chi connectivity index (χ4v) is 5.61. The highest BCUT2D eigenvalue weighted by atomic mass is 16.5. The van der Waals surface area contributed by atoms with Crippen LogP contribution in [0.4, 0.5) is 4.79 Å². The molecule has 37 heavy (non-hydrogen) atoms. The number of hydrogen-bond donors (Lipinski definition) is 1. The van der Waals surface area contributed by atoms with Gasteiger partial charge in [0, 0.05) is 23.5 Å².